The Morgan fingerprint density at radius 1 is 1.22 bits per heavy atom. The SMILES string of the molecule is O=C(CSc1n[nH]c(=O)[nH]c1=O)NN=Cc1ccc(-c2ncccn2)cn1. The molecule has 27 heavy (non-hydrogen) atoms. The molecule has 3 aromatic rings. The van der Waals surface area contributed by atoms with Crippen molar-refractivity contribution in [3.05, 3.63) is 63.3 Å². The lowest BCUT2D eigenvalue weighted by atomic mass is 10.2. The average molecular weight is 384 g/mol. The van der Waals surface area contributed by atoms with Gasteiger partial charge in [-0.15, -0.1) is 0 Å². The number of thioether (sulfide) groups is 1. The summed E-state index contributed by atoms with van der Waals surface area (Å²) in [6, 6.07) is 5.22. The number of aromatic amines is 2. The molecule has 0 aliphatic carbocycles. The number of carbonyl (C=O) groups excluding carboxylic acids is 1. The Kier molecular flexibility index (Phi) is 5.79. The van der Waals surface area contributed by atoms with E-state index in [-0.39, 0.29) is 10.8 Å². The number of H-pyrrole nitrogens is 2. The van der Waals surface area contributed by atoms with Gasteiger partial charge >= 0.3 is 5.69 Å². The highest BCUT2D eigenvalue weighted by Gasteiger charge is 2.07. The first-order valence-corrected chi connectivity index (χ1v) is 8.47. The lowest BCUT2D eigenvalue weighted by Crippen LogP contribution is -2.26. The number of hydrogen-bond acceptors (Lipinski definition) is 9. The molecule has 3 aromatic heterocycles. The molecule has 0 bridgehead atoms. The molecule has 11 nitrogen and oxygen atoms in total. The van der Waals surface area contributed by atoms with Gasteiger partial charge in [-0.2, -0.15) is 10.2 Å². The van der Waals surface area contributed by atoms with Gasteiger partial charge < -0.3 is 0 Å². The summed E-state index contributed by atoms with van der Waals surface area (Å²) in [5.41, 5.74) is 2.22. The molecule has 3 rings (SSSR count). The Hall–Kier alpha value is -3.67. The summed E-state index contributed by atoms with van der Waals surface area (Å²) >= 11 is 0.869. The van der Waals surface area contributed by atoms with E-state index in [4.69, 9.17) is 0 Å². The molecule has 0 atom stereocenters. The first-order valence-electron chi connectivity index (χ1n) is 7.49. The number of nitrogens with zero attached hydrogens (tertiary/aromatic N) is 5. The first-order chi connectivity index (χ1) is 13.1. The molecule has 0 aliphatic rings. The fourth-order valence-electron chi connectivity index (χ4n) is 1.83. The molecular weight excluding hydrogens is 372 g/mol. The highest BCUT2D eigenvalue weighted by molar-refractivity contribution is 7.99. The van der Waals surface area contributed by atoms with Crippen LogP contribution in [0.1, 0.15) is 5.69 Å². The molecule has 0 radical (unpaired) electrons. The van der Waals surface area contributed by atoms with E-state index in [1.165, 1.54) is 6.21 Å². The number of nitrogens with one attached hydrogen (secondary N) is 3. The summed E-state index contributed by atoms with van der Waals surface area (Å²) in [4.78, 5) is 48.5. The lowest BCUT2D eigenvalue weighted by Gasteiger charge is -2.00. The quantitative estimate of drug-likeness (QED) is 0.293. The summed E-state index contributed by atoms with van der Waals surface area (Å²) in [7, 11) is 0. The molecule has 0 saturated carbocycles. The van der Waals surface area contributed by atoms with Crippen LogP contribution < -0.4 is 16.7 Å². The zero-order valence-corrected chi connectivity index (χ0v) is 14.4. The van der Waals surface area contributed by atoms with Gasteiger partial charge in [0.15, 0.2) is 10.9 Å². The number of amides is 1. The summed E-state index contributed by atoms with van der Waals surface area (Å²) in [5, 5.41) is 9.42. The zero-order valence-electron chi connectivity index (χ0n) is 13.6. The van der Waals surface area contributed by atoms with Crippen LogP contribution >= 0.6 is 11.8 Å². The molecule has 0 spiro atoms. The van der Waals surface area contributed by atoms with Crippen LogP contribution in [0.5, 0.6) is 0 Å². The first kappa shape index (κ1) is 18.1. The molecule has 136 valence electrons. The van der Waals surface area contributed by atoms with Crippen molar-refractivity contribution in [1.29, 1.82) is 0 Å². The van der Waals surface area contributed by atoms with Crippen LogP contribution in [-0.4, -0.2) is 48.0 Å². The van der Waals surface area contributed by atoms with Crippen molar-refractivity contribution in [3.63, 3.8) is 0 Å². The standard InChI is InChI=1S/C15H12N8O3S/c24-11(8-27-14-13(25)20-15(26)23-22-14)21-19-7-10-3-2-9(6-18-10)12-16-4-1-5-17-12/h1-7H,8H2,(H,21,24)(H2,20,23,25,26). The van der Waals surface area contributed by atoms with E-state index in [9.17, 15) is 14.4 Å². The minimum Gasteiger partial charge on any atom is -0.272 e. The minimum absolute atomic E-state index is 0.0193. The maximum absolute atomic E-state index is 11.7. The largest absolute Gasteiger partial charge is 0.342 e. The Morgan fingerprint density at radius 3 is 2.74 bits per heavy atom. The van der Waals surface area contributed by atoms with Crippen molar-refractivity contribution in [1.82, 2.24) is 35.6 Å². The molecule has 0 unspecified atom stereocenters. The second-order valence-corrected chi connectivity index (χ2v) is 5.90. The summed E-state index contributed by atoms with van der Waals surface area (Å²) < 4.78 is 0. The van der Waals surface area contributed by atoms with Crippen LogP contribution in [0.4, 0.5) is 0 Å². The third-order valence-electron chi connectivity index (χ3n) is 3.02. The molecule has 1 amide bonds. The molecule has 0 aliphatic heterocycles. The predicted octanol–water partition coefficient (Wildman–Crippen LogP) is -0.447. The number of hydrazone groups is 1. The third kappa shape index (κ3) is 5.15. The highest BCUT2D eigenvalue weighted by Crippen LogP contribution is 2.11. The number of hydrogen-bond donors (Lipinski definition) is 3. The van der Waals surface area contributed by atoms with Crippen molar-refractivity contribution < 1.29 is 4.79 Å². The molecule has 0 fully saturated rings. The molecule has 0 aromatic carbocycles. The normalized spacial score (nSPS) is 10.8. The van der Waals surface area contributed by atoms with E-state index in [1.807, 2.05) is 4.98 Å². The molecule has 3 heterocycles. The van der Waals surface area contributed by atoms with Crippen LogP contribution in [0.3, 0.4) is 0 Å². The summed E-state index contributed by atoms with van der Waals surface area (Å²) in [5.74, 6) is 0.0135. The van der Waals surface area contributed by atoms with Gasteiger partial charge in [-0.3, -0.25) is 19.6 Å². The lowest BCUT2D eigenvalue weighted by molar-refractivity contribution is -0.118. The maximum atomic E-state index is 11.7. The topological polar surface area (TPSA) is 159 Å². The van der Waals surface area contributed by atoms with Gasteiger partial charge in [0.2, 0.25) is 5.91 Å². The Balaban J connectivity index is 1.52. The van der Waals surface area contributed by atoms with Crippen molar-refractivity contribution >= 4 is 23.9 Å². The Bertz CT molecular complexity index is 1060. The fourth-order valence-corrected chi connectivity index (χ4v) is 2.46. The Labute approximate surface area is 155 Å². The number of carbonyl (C=O) groups is 1. The van der Waals surface area contributed by atoms with Crippen molar-refractivity contribution in [2.24, 2.45) is 5.10 Å². The second-order valence-electron chi connectivity index (χ2n) is 4.94. The van der Waals surface area contributed by atoms with E-state index in [0.717, 1.165) is 17.3 Å². The van der Waals surface area contributed by atoms with Crippen LogP contribution in [0.25, 0.3) is 11.4 Å². The summed E-state index contributed by atoms with van der Waals surface area (Å²) in [6.45, 7) is 0. The van der Waals surface area contributed by atoms with E-state index < -0.39 is 17.2 Å². The summed E-state index contributed by atoms with van der Waals surface area (Å²) in [6.07, 6.45) is 6.26. The van der Waals surface area contributed by atoms with Gasteiger partial charge in [-0.25, -0.2) is 25.3 Å². The van der Waals surface area contributed by atoms with Crippen molar-refractivity contribution in [2.45, 2.75) is 5.03 Å². The smallest absolute Gasteiger partial charge is 0.272 e. The van der Waals surface area contributed by atoms with E-state index in [0.29, 0.717) is 11.5 Å². The van der Waals surface area contributed by atoms with Gasteiger partial charge in [0.05, 0.1) is 17.7 Å². The highest BCUT2D eigenvalue weighted by atomic mass is 32.2. The van der Waals surface area contributed by atoms with Crippen LogP contribution in [0, 0.1) is 0 Å². The van der Waals surface area contributed by atoms with E-state index in [2.05, 4.69) is 35.7 Å². The van der Waals surface area contributed by atoms with Crippen LogP contribution in [-0.2, 0) is 4.79 Å². The van der Waals surface area contributed by atoms with Gasteiger partial charge in [0.1, 0.15) is 0 Å². The average Bonchev–Trinajstić information content (AvgIpc) is 2.68. The third-order valence-corrected chi connectivity index (χ3v) is 3.97. The maximum Gasteiger partial charge on any atom is 0.342 e. The molecule has 3 N–H and O–H groups in total. The predicted molar refractivity (Wildman–Crippen MR) is 97.2 cm³/mol. The molecule has 12 heteroatoms. The van der Waals surface area contributed by atoms with Gasteiger partial charge in [-0.05, 0) is 18.2 Å². The molecule has 0 saturated heterocycles. The van der Waals surface area contributed by atoms with Gasteiger partial charge in [0, 0.05) is 24.2 Å². The molecular formula is C15H12N8O3S. The zero-order chi connectivity index (χ0) is 19.1. The van der Waals surface area contributed by atoms with E-state index in [1.54, 1.807) is 36.8 Å². The van der Waals surface area contributed by atoms with Crippen molar-refractivity contribution in [3.8, 4) is 11.4 Å². The van der Waals surface area contributed by atoms with Gasteiger partial charge in [0.25, 0.3) is 5.56 Å². The number of rotatable bonds is 6. The van der Waals surface area contributed by atoms with Crippen LogP contribution in [0.2, 0.25) is 0 Å². The van der Waals surface area contributed by atoms with Crippen LogP contribution in [0.15, 0.2) is 56.5 Å². The second kappa shape index (κ2) is 8.62. The number of aromatic nitrogens is 6. The minimum atomic E-state index is -0.712. The van der Waals surface area contributed by atoms with E-state index >= 15 is 0 Å². The van der Waals surface area contributed by atoms with Crippen molar-refractivity contribution in [2.75, 3.05) is 5.75 Å². The fraction of sp³-hybridized carbons (Fsp3) is 0.0667. The van der Waals surface area contributed by atoms with Gasteiger partial charge in [-0.1, -0.05) is 11.8 Å². The monoisotopic (exact) mass is 384 g/mol. The number of pyridine rings is 1. The Morgan fingerprint density at radius 2 is 2.04 bits per heavy atom.